The first-order valence-corrected chi connectivity index (χ1v) is 15.2. The lowest BCUT2D eigenvalue weighted by atomic mass is 9.77. The molecule has 0 bridgehead atoms. The third kappa shape index (κ3) is 9.12. The van der Waals surface area contributed by atoms with Crippen molar-refractivity contribution in [2.45, 2.75) is 70.1 Å². The summed E-state index contributed by atoms with van der Waals surface area (Å²) in [5.74, 6) is -6.79. The normalized spacial score (nSPS) is 13.7. The molecule has 1 amide bonds. The van der Waals surface area contributed by atoms with Gasteiger partial charge in [0.25, 0.3) is 5.91 Å². The van der Waals surface area contributed by atoms with Gasteiger partial charge in [-0.1, -0.05) is 30.3 Å². The van der Waals surface area contributed by atoms with Gasteiger partial charge in [-0.15, -0.1) is 0 Å². The molecule has 0 heterocycles. The van der Waals surface area contributed by atoms with Crippen LogP contribution < -0.4 is 14.8 Å². The third-order valence-corrected chi connectivity index (χ3v) is 7.65. The molecule has 0 unspecified atom stereocenters. The summed E-state index contributed by atoms with van der Waals surface area (Å²) in [6, 6.07) is 12.1. The molecule has 0 saturated heterocycles. The number of alkyl halides is 7. The SMILES string of the molecule is CC(C)Oc1cc([C@@](Cc2ccc(C(C)(C)O)cc2)(NC(=O)c2ccc(F)c(C(F)(F)F)c2)c2cc(F)cc(OC(F)(F)C(F)F)c2)ccc1F. The highest BCUT2D eigenvalue weighted by Gasteiger charge is 2.45. The number of hydrogen-bond donors (Lipinski definition) is 2. The fourth-order valence-corrected chi connectivity index (χ4v) is 5.23. The van der Waals surface area contributed by atoms with Crippen LogP contribution in [-0.2, 0) is 23.7 Å². The van der Waals surface area contributed by atoms with Gasteiger partial charge in [0.1, 0.15) is 17.4 Å². The van der Waals surface area contributed by atoms with Crippen LogP contribution in [0.5, 0.6) is 11.5 Å². The Labute approximate surface area is 285 Å². The van der Waals surface area contributed by atoms with Gasteiger partial charge in [-0.25, -0.2) is 13.2 Å². The Balaban J connectivity index is 2.05. The minimum atomic E-state index is -5.23. The molecule has 2 N–H and O–H groups in total. The average Bonchev–Trinajstić information content (AvgIpc) is 3.00. The van der Waals surface area contributed by atoms with Crippen molar-refractivity contribution in [1.29, 1.82) is 0 Å². The van der Waals surface area contributed by atoms with Gasteiger partial charge >= 0.3 is 18.7 Å². The smallest absolute Gasteiger partial charge is 0.461 e. The number of ether oxygens (including phenoxy) is 2. The Morgan fingerprint density at radius 1 is 0.784 bits per heavy atom. The highest BCUT2D eigenvalue weighted by molar-refractivity contribution is 5.95. The molecule has 0 aromatic heterocycles. The second-order valence-electron chi connectivity index (χ2n) is 12.4. The standard InChI is InChI=1S/C36H31F10NO4/c1-19(2)50-30-16-23(10-12-29(30)39)34(18-20-5-8-22(9-6-20)33(3,4)49,24-14-25(37)17-26(15-24)51-36(45,46)32(40)41)47-31(48)21-7-11-28(38)27(13-21)35(42,43)44/h5-17,19,32,49H,18H2,1-4H3,(H,47,48)/t34-/m1/s1. The first kappa shape index (κ1) is 39.0. The lowest BCUT2D eigenvalue weighted by molar-refractivity contribution is -0.253. The van der Waals surface area contributed by atoms with E-state index < -0.39 is 93.9 Å². The number of carbonyl (C=O) groups excluding carboxylic acids is 1. The van der Waals surface area contributed by atoms with Crippen molar-refractivity contribution in [1.82, 2.24) is 5.32 Å². The van der Waals surface area contributed by atoms with Gasteiger partial charge in [-0.05, 0) is 92.4 Å². The van der Waals surface area contributed by atoms with Crippen LogP contribution in [0.15, 0.2) is 78.9 Å². The zero-order chi connectivity index (χ0) is 38.1. The molecule has 5 nitrogen and oxygen atoms in total. The number of benzene rings is 4. The van der Waals surface area contributed by atoms with Gasteiger partial charge in [0, 0.05) is 18.1 Å². The summed E-state index contributed by atoms with van der Waals surface area (Å²) in [7, 11) is 0. The van der Waals surface area contributed by atoms with E-state index in [4.69, 9.17) is 4.74 Å². The maximum Gasteiger partial charge on any atom is 0.461 e. The van der Waals surface area contributed by atoms with Crippen molar-refractivity contribution in [3.63, 3.8) is 0 Å². The Morgan fingerprint density at radius 3 is 1.96 bits per heavy atom. The molecule has 1 atom stereocenters. The molecule has 4 aromatic carbocycles. The highest BCUT2D eigenvalue weighted by atomic mass is 19.4. The van der Waals surface area contributed by atoms with E-state index in [0.29, 0.717) is 23.8 Å². The van der Waals surface area contributed by atoms with Crippen LogP contribution in [0.4, 0.5) is 43.9 Å². The average molecular weight is 732 g/mol. The van der Waals surface area contributed by atoms with Gasteiger partial charge in [0.15, 0.2) is 11.6 Å². The van der Waals surface area contributed by atoms with E-state index in [2.05, 4.69) is 10.1 Å². The van der Waals surface area contributed by atoms with E-state index in [1.165, 1.54) is 38.1 Å². The maximum absolute atomic E-state index is 15.3. The molecule has 15 heteroatoms. The van der Waals surface area contributed by atoms with Crippen molar-refractivity contribution >= 4 is 5.91 Å². The van der Waals surface area contributed by atoms with E-state index >= 15 is 8.78 Å². The molecule has 51 heavy (non-hydrogen) atoms. The van der Waals surface area contributed by atoms with Crippen molar-refractivity contribution in [2.24, 2.45) is 0 Å². The number of halogens is 10. The minimum Gasteiger partial charge on any atom is -0.488 e. The molecule has 4 aromatic rings. The molecule has 0 aliphatic carbocycles. The molecule has 274 valence electrons. The quantitative estimate of drug-likeness (QED) is 0.143. The van der Waals surface area contributed by atoms with Gasteiger partial charge in [-0.2, -0.15) is 30.7 Å². The van der Waals surface area contributed by atoms with Gasteiger partial charge in [-0.3, -0.25) is 4.79 Å². The molecule has 0 saturated carbocycles. The summed E-state index contributed by atoms with van der Waals surface area (Å²) >= 11 is 0. The second kappa shape index (κ2) is 14.4. The van der Waals surface area contributed by atoms with Crippen LogP contribution in [0.1, 0.15) is 65.9 Å². The lowest BCUT2D eigenvalue weighted by Crippen LogP contribution is -2.49. The summed E-state index contributed by atoms with van der Waals surface area (Å²) in [5, 5.41) is 12.9. The van der Waals surface area contributed by atoms with Crippen LogP contribution in [-0.4, -0.2) is 29.7 Å². The third-order valence-electron chi connectivity index (χ3n) is 7.65. The van der Waals surface area contributed by atoms with E-state index in [1.807, 2.05) is 0 Å². The van der Waals surface area contributed by atoms with E-state index in [9.17, 15) is 45.0 Å². The number of amides is 1. The summed E-state index contributed by atoms with van der Waals surface area (Å²) in [5.41, 5.74) is -6.05. The summed E-state index contributed by atoms with van der Waals surface area (Å²) in [6.45, 7) is 6.08. The molecule has 0 aliphatic rings. The van der Waals surface area contributed by atoms with Crippen LogP contribution in [0.25, 0.3) is 0 Å². The second-order valence-corrected chi connectivity index (χ2v) is 12.4. The molecule has 0 fully saturated rings. The number of hydrogen-bond acceptors (Lipinski definition) is 4. The molecular weight excluding hydrogens is 700 g/mol. The number of rotatable bonds is 12. The minimum absolute atomic E-state index is 0.144. The van der Waals surface area contributed by atoms with Crippen LogP contribution >= 0.6 is 0 Å². The Hall–Kier alpha value is -4.79. The Morgan fingerprint density at radius 2 is 1.39 bits per heavy atom. The van der Waals surface area contributed by atoms with Crippen molar-refractivity contribution in [2.75, 3.05) is 0 Å². The fourth-order valence-electron chi connectivity index (χ4n) is 5.23. The van der Waals surface area contributed by atoms with Crippen LogP contribution in [0, 0.1) is 17.5 Å². The first-order valence-electron chi connectivity index (χ1n) is 15.2. The summed E-state index contributed by atoms with van der Waals surface area (Å²) < 4.78 is 149. The molecular formula is C36H31F10NO4. The topological polar surface area (TPSA) is 67.8 Å². The Bertz CT molecular complexity index is 1870. The van der Waals surface area contributed by atoms with E-state index in [0.717, 1.165) is 30.3 Å². The zero-order valence-corrected chi connectivity index (χ0v) is 27.3. The molecule has 0 aliphatic heterocycles. The number of carbonyl (C=O) groups is 1. The maximum atomic E-state index is 15.3. The predicted octanol–water partition coefficient (Wildman–Crippen LogP) is 9.29. The highest BCUT2D eigenvalue weighted by Crippen LogP contribution is 2.40. The largest absolute Gasteiger partial charge is 0.488 e. The van der Waals surface area contributed by atoms with Crippen molar-refractivity contribution < 1.29 is 63.3 Å². The van der Waals surface area contributed by atoms with E-state index in [-0.39, 0.29) is 17.2 Å². The predicted molar refractivity (Wildman–Crippen MR) is 165 cm³/mol. The van der Waals surface area contributed by atoms with Crippen molar-refractivity contribution in [3.05, 3.63) is 130 Å². The zero-order valence-electron chi connectivity index (χ0n) is 27.3. The summed E-state index contributed by atoms with van der Waals surface area (Å²) in [4.78, 5) is 13.9. The molecule has 0 spiro atoms. The van der Waals surface area contributed by atoms with Crippen molar-refractivity contribution in [3.8, 4) is 11.5 Å². The lowest BCUT2D eigenvalue weighted by Gasteiger charge is -2.37. The fraction of sp³-hybridized carbons (Fsp3) is 0.306. The first-order chi connectivity index (χ1) is 23.5. The van der Waals surface area contributed by atoms with Crippen LogP contribution in [0.3, 0.4) is 0 Å². The monoisotopic (exact) mass is 731 g/mol. The molecule has 4 rings (SSSR count). The molecule has 0 radical (unpaired) electrons. The Kier molecular flexibility index (Phi) is 11.0. The van der Waals surface area contributed by atoms with E-state index in [1.54, 1.807) is 13.8 Å². The van der Waals surface area contributed by atoms with Gasteiger partial charge < -0.3 is 19.9 Å². The number of nitrogens with one attached hydrogen (secondary N) is 1. The summed E-state index contributed by atoms with van der Waals surface area (Å²) in [6.07, 6.45) is -15.8. The van der Waals surface area contributed by atoms with Crippen LogP contribution in [0.2, 0.25) is 0 Å². The van der Waals surface area contributed by atoms with Gasteiger partial charge in [0.05, 0.1) is 22.8 Å². The van der Waals surface area contributed by atoms with Gasteiger partial charge in [0.2, 0.25) is 0 Å². The number of aliphatic hydroxyl groups is 1.